The lowest BCUT2D eigenvalue weighted by Gasteiger charge is -2.23. The number of carbonyl (C=O) groups excluding carboxylic acids is 2. The molecule has 2 N–H and O–H groups in total. The second-order valence-corrected chi connectivity index (χ2v) is 7.02. The SMILES string of the molecule is COCc1ccccc1CNC(=O)CC1Sc2ccccc2NC1=O. The topological polar surface area (TPSA) is 67.4 Å². The van der Waals surface area contributed by atoms with Crippen molar-refractivity contribution in [2.24, 2.45) is 0 Å². The van der Waals surface area contributed by atoms with Crippen molar-refractivity contribution < 1.29 is 14.3 Å². The summed E-state index contributed by atoms with van der Waals surface area (Å²) >= 11 is 1.43. The third kappa shape index (κ3) is 4.41. The van der Waals surface area contributed by atoms with E-state index in [1.54, 1.807) is 7.11 Å². The molecule has 3 rings (SSSR count). The summed E-state index contributed by atoms with van der Waals surface area (Å²) in [5.74, 6) is -0.266. The molecule has 1 aliphatic heterocycles. The minimum Gasteiger partial charge on any atom is -0.380 e. The van der Waals surface area contributed by atoms with E-state index in [0.717, 1.165) is 21.7 Å². The van der Waals surface area contributed by atoms with E-state index >= 15 is 0 Å². The highest BCUT2D eigenvalue weighted by Crippen LogP contribution is 2.36. The number of amides is 2. The van der Waals surface area contributed by atoms with Crippen LogP contribution in [0.3, 0.4) is 0 Å². The van der Waals surface area contributed by atoms with E-state index in [1.165, 1.54) is 11.8 Å². The average Bonchev–Trinajstić information content (AvgIpc) is 2.62. The van der Waals surface area contributed by atoms with Gasteiger partial charge in [0.15, 0.2) is 0 Å². The molecule has 2 aromatic rings. The van der Waals surface area contributed by atoms with Crippen LogP contribution in [0.5, 0.6) is 0 Å². The van der Waals surface area contributed by atoms with Crippen LogP contribution >= 0.6 is 11.8 Å². The summed E-state index contributed by atoms with van der Waals surface area (Å²) in [7, 11) is 1.64. The van der Waals surface area contributed by atoms with Gasteiger partial charge < -0.3 is 15.4 Å². The summed E-state index contributed by atoms with van der Waals surface area (Å²) in [4.78, 5) is 25.4. The molecule has 1 unspecified atom stereocenters. The van der Waals surface area contributed by atoms with Crippen molar-refractivity contribution in [2.45, 2.75) is 29.7 Å². The smallest absolute Gasteiger partial charge is 0.238 e. The van der Waals surface area contributed by atoms with Gasteiger partial charge >= 0.3 is 0 Å². The largest absolute Gasteiger partial charge is 0.380 e. The van der Waals surface area contributed by atoms with Gasteiger partial charge in [0, 0.05) is 25.0 Å². The Bertz CT molecular complexity index is 779. The van der Waals surface area contributed by atoms with Crippen molar-refractivity contribution in [3.63, 3.8) is 0 Å². The molecular formula is C19H20N2O3S. The molecule has 1 aliphatic rings. The molecule has 0 radical (unpaired) electrons. The summed E-state index contributed by atoms with van der Waals surface area (Å²) in [6.45, 7) is 0.928. The number of fused-ring (bicyclic) bond motifs is 1. The second-order valence-electron chi connectivity index (χ2n) is 5.77. The van der Waals surface area contributed by atoms with Crippen LogP contribution in [0.1, 0.15) is 17.5 Å². The van der Waals surface area contributed by atoms with Gasteiger partial charge in [0.05, 0.1) is 17.5 Å². The van der Waals surface area contributed by atoms with Gasteiger partial charge in [0.2, 0.25) is 11.8 Å². The van der Waals surface area contributed by atoms with Gasteiger partial charge in [0.25, 0.3) is 0 Å². The number of methoxy groups -OCH3 is 1. The number of hydrogen-bond donors (Lipinski definition) is 2. The van der Waals surface area contributed by atoms with Crippen molar-refractivity contribution in [3.8, 4) is 0 Å². The molecule has 0 aliphatic carbocycles. The van der Waals surface area contributed by atoms with E-state index in [9.17, 15) is 9.59 Å². The molecule has 0 fully saturated rings. The number of para-hydroxylation sites is 1. The van der Waals surface area contributed by atoms with Crippen LogP contribution in [0.2, 0.25) is 0 Å². The highest BCUT2D eigenvalue weighted by Gasteiger charge is 2.28. The number of hydrogen-bond acceptors (Lipinski definition) is 4. The van der Waals surface area contributed by atoms with Crippen molar-refractivity contribution in [2.75, 3.05) is 12.4 Å². The van der Waals surface area contributed by atoms with Crippen molar-refractivity contribution >= 4 is 29.3 Å². The molecular weight excluding hydrogens is 336 g/mol. The first-order chi connectivity index (χ1) is 12.2. The molecule has 0 saturated carbocycles. The third-order valence-electron chi connectivity index (χ3n) is 3.97. The Morgan fingerprint density at radius 1 is 1.16 bits per heavy atom. The van der Waals surface area contributed by atoms with Gasteiger partial charge in [0.1, 0.15) is 0 Å². The van der Waals surface area contributed by atoms with Crippen molar-refractivity contribution in [3.05, 3.63) is 59.7 Å². The molecule has 1 heterocycles. The maximum absolute atomic E-state index is 12.3. The number of ether oxygens (including phenoxy) is 1. The fourth-order valence-corrected chi connectivity index (χ4v) is 3.80. The van der Waals surface area contributed by atoms with Gasteiger partial charge in [-0.2, -0.15) is 0 Å². The first-order valence-electron chi connectivity index (χ1n) is 8.06. The van der Waals surface area contributed by atoms with Crippen LogP contribution in [0.25, 0.3) is 0 Å². The van der Waals surface area contributed by atoms with Gasteiger partial charge in [-0.3, -0.25) is 9.59 Å². The zero-order valence-electron chi connectivity index (χ0n) is 14.0. The van der Waals surface area contributed by atoms with Crippen LogP contribution in [0, 0.1) is 0 Å². The highest BCUT2D eigenvalue weighted by atomic mass is 32.2. The number of nitrogens with one attached hydrogen (secondary N) is 2. The van der Waals surface area contributed by atoms with E-state index in [0.29, 0.717) is 13.2 Å². The van der Waals surface area contributed by atoms with E-state index in [1.807, 2.05) is 48.5 Å². The normalized spacial score (nSPS) is 16.0. The van der Waals surface area contributed by atoms with Gasteiger partial charge in [-0.1, -0.05) is 36.4 Å². The van der Waals surface area contributed by atoms with Crippen LogP contribution in [0.4, 0.5) is 5.69 Å². The lowest BCUT2D eigenvalue weighted by molar-refractivity contribution is -0.124. The average molecular weight is 356 g/mol. The van der Waals surface area contributed by atoms with E-state index in [4.69, 9.17) is 4.74 Å². The molecule has 25 heavy (non-hydrogen) atoms. The quantitative estimate of drug-likeness (QED) is 0.835. The standard InChI is InChI=1S/C19H20N2O3S/c1-24-12-14-7-3-2-6-13(14)11-20-18(22)10-17-19(23)21-15-8-4-5-9-16(15)25-17/h2-9,17H,10-12H2,1H3,(H,20,22)(H,21,23). The summed E-state index contributed by atoms with van der Waals surface area (Å²) in [5.41, 5.74) is 2.87. The molecule has 2 aromatic carbocycles. The van der Waals surface area contributed by atoms with Crippen LogP contribution in [0.15, 0.2) is 53.4 Å². The number of benzene rings is 2. The zero-order valence-corrected chi connectivity index (χ0v) is 14.8. The van der Waals surface area contributed by atoms with E-state index in [2.05, 4.69) is 10.6 Å². The van der Waals surface area contributed by atoms with Gasteiger partial charge in [-0.25, -0.2) is 0 Å². The summed E-state index contributed by atoms with van der Waals surface area (Å²) in [6, 6.07) is 15.4. The molecule has 0 bridgehead atoms. The molecule has 6 heteroatoms. The number of anilines is 1. The number of rotatable bonds is 6. The predicted octanol–water partition coefficient (Wildman–Crippen LogP) is 2.95. The Labute approximate surface area is 151 Å². The maximum atomic E-state index is 12.3. The van der Waals surface area contributed by atoms with Gasteiger partial charge in [-0.05, 0) is 23.3 Å². The Morgan fingerprint density at radius 3 is 2.68 bits per heavy atom. The molecule has 5 nitrogen and oxygen atoms in total. The lowest BCUT2D eigenvalue weighted by Crippen LogP contribution is -2.34. The van der Waals surface area contributed by atoms with Crippen LogP contribution in [-0.4, -0.2) is 24.2 Å². The molecule has 1 atom stereocenters. The first-order valence-corrected chi connectivity index (χ1v) is 8.94. The van der Waals surface area contributed by atoms with Gasteiger partial charge in [-0.15, -0.1) is 11.8 Å². The molecule has 130 valence electrons. The number of thioether (sulfide) groups is 1. The van der Waals surface area contributed by atoms with E-state index < -0.39 is 5.25 Å². The monoisotopic (exact) mass is 356 g/mol. The molecule has 0 aromatic heterocycles. The van der Waals surface area contributed by atoms with Crippen LogP contribution < -0.4 is 10.6 Å². The van der Waals surface area contributed by atoms with Crippen molar-refractivity contribution in [1.82, 2.24) is 5.32 Å². The Morgan fingerprint density at radius 2 is 1.88 bits per heavy atom. The van der Waals surface area contributed by atoms with E-state index in [-0.39, 0.29) is 18.2 Å². The van der Waals surface area contributed by atoms with Crippen LogP contribution in [-0.2, 0) is 27.5 Å². The fourth-order valence-electron chi connectivity index (χ4n) is 2.69. The Balaban J connectivity index is 1.57. The first kappa shape index (κ1) is 17.5. The molecule has 0 spiro atoms. The third-order valence-corrected chi connectivity index (χ3v) is 5.25. The zero-order chi connectivity index (χ0) is 17.6. The lowest BCUT2D eigenvalue weighted by atomic mass is 10.1. The predicted molar refractivity (Wildman–Crippen MR) is 98.3 cm³/mol. The fraction of sp³-hybridized carbons (Fsp3) is 0.263. The summed E-state index contributed by atoms with van der Waals surface area (Å²) in [5, 5.41) is 5.35. The highest BCUT2D eigenvalue weighted by molar-refractivity contribution is 8.01. The Hall–Kier alpha value is -2.31. The second kappa shape index (κ2) is 8.18. The minimum absolute atomic E-state index is 0.126. The summed E-state index contributed by atoms with van der Waals surface area (Å²) < 4.78 is 5.18. The summed E-state index contributed by atoms with van der Waals surface area (Å²) in [6.07, 6.45) is 0.150. The minimum atomic E-state index is -0.413. The van der Waals surface area contributed by atoms with Crippen molar-refractivity contribution in [1.29, 1.82) is 0 Å². The Kier molecular flexibility index (Phi) is 5.73. The number of carbonyl (C=O) groups is 2. The maximum Gasteiger partial charge on any atom is 0.238 e. The molecule has 0 saturated heterocycles. The molecule has 2 amide bonds.